The second-order valence-corrected chi connectivity index (χ2v) is 8.24. The van der Waals surface area contributed by atoms with Gasteiger partial charge in [-0.15, -0.1) is 0 Å². The molecule has 1 aromatic heterocycles. The minimum atomic E-state index is -3.74. The fraction of sp³-hybridized carbons (Fsp3) is 0.250. The van der Waals surface area contributed by atoms with E-state index >= 15 is 0 Å². The second kappa shape index (κ2) is 7.17. The molecule has 6 nitrogen and oxygen atoms in total. The van der Waals surface area contributed by atoms with E-state index in [9.17, 15) is 8.42 Å². The summed E-state index contributed by atoms with van der Waals surface area (Å²) in [5.41, 5.74) is 3.05. The van der Waals surface area contributed by atoms with E-state index in [1.165, 1.54) is 0 Å². The standard InChI is InChI=1S/C20H21N3O3S/c1-15-13-16-3-2-4-19(20(16)21-14-15)27(24,25)22-17-5-7-18(8-6-17)23-9-11-26-12-10-23/h2-8,13-14,22H,9-12H2,1H3. The number of aromatic nitrogens is 1. The lowest BCUT2D eigenvalue weighted by Gasteiger charge is -2.28. The number of hydrogen-bond donors (Lipinski definition) is 1. The zero-order chi connectivity index (χ0) is 18.9. The van der Waals surface area contributed by atoms with E-state index < -0.39 is 10.0 Å². The topological polar surface area (TPSA) is 71.5 Å². The smallest absolute Gasteiger partial charge is 0.264 e. The Balaban J connectivity index is 1.60. The third kappa shape index (κ3) is 3.74. The number of benzene rings is 2. The van der Waals surface area contributed by atoms with Crippen LogP contribution in [0.25, 0.3) is 10.9 Å². The Kier molecular flexibility index (Phi) is 4.72. The first kappa shape index (κ1) is 17.8. The molecule has 0 bridgehead atoms. The molecule has 3 aromatic rings. The molecule has 140 valence electrons. The van der Waals surface area contributed by atoms with E-state index in [0.29, 0.717) is 24.4 Å². The van der Waals surface area contributed by atoms with Crippen molar-refractivity contribution in [2.24, 2.45) is 0 Å². The summed E-state index contributed by atoms with van der Waals surface area (Å²) in [5, 5.41) is 0.806. The molecule has 0 amide bonds. The molecule has 0 unspecified atom stereocenters. The van der Waals surface area contributed by atoms with Crippen molar-refractivity contribution in [3.8, 4) is 0 Å². The highest BCUT2D eigenvalue weighted by atomic mass is 32.2. The largest absolute Gasteiger partial charge is 0.378 e. The van der Waals surface area contributed by atoms with Gasteiger partial charge in [-0.2, -0.15) is 0 Å². The van der Waals surface area contributed by atoms with Crippen molar-refractivity contribution in [2.45, 2.75) is 11.8 Å². The van der Waals surface area contributed by atoms with Gasteiger partial charge >= 0.3 is 0 Å². The SMILES string of the molecule is Cc1cnc2c(S(=O)(=O)Nc3ccc(N4CCOCC4)cc3)cccc2c1. The normalized spacial score (nSPS) is 15.1. The summed E-state index contributed by atoms with van der Waals surface area (Å²) in [6, 6.07) is 14.5. The summed E-state index contributed by atoms with van der Waals surface area (Å²) in [7, 11) is -3.74. The first-order chi connectivity index (χ1) is 13.0. The van der Waals surface area contributed by atoms with Gasteiger partial charge in [0.15, 0.2) is 0 Å². The summed E-state index contributed by atoms with van der Waals surface area (Å²) in [6.45, 7) is 5.03. The Labute approximate surface area is 158 Å². The maximum Gasteiger partial charge on any atom is 0.264 e. The molecule has 1 aliphatic heterocycles. The number of aryl methyl sites for hydroxylation is 1. The minimum absolute atomic E-state index is 0.178. The predicted octanol–water partition coefficient (Wildman–Crippen LogP) is 3.18. The molecule has 1 fully saturated rings. The van der Waals surface area contributed by atoms with Crippen molar-refractivity contribution in [3.05, 3.63) is 60.3 Å². The molecule has 1 N–H and O–H groups in total. The highest BCUT2D eigenvalue weighted by Gasteiger charge is 2.19. The van der Waals surface area contributed by atoms with E-state index in [-0.39, 0.29) is 4.90 Å². The fourth-order valence-corrected chi connectivity index (χ4v) is 4.47. The van der Waals surface area contributed by atoms with Crippen LogP contribution in [0.1, 0.15) is 5.56 Å². The summed E-state index contributed by atoms with van der Waals surface area (Å²) < 4.78 is 33.8. The van der Waals surface area contributed by atoms with E-state index in [1.807, 2.05) is 31.2 Å². The van der Waals surface area contributed by atoms with E-state index in [1.54, 1.807) is 30.5 Å². The zero-order valence-electron chi connectivity index (χ0n) is 15.1. The van der Waals surface area contributed by atoms with Gasteiger partial charge in [-0.1, -0.05) is 12.1 Å². The van der Waals surface area contributed by atoms with Crippen LogP contribution < -0.4 is 9.62 Å². The number of hydrogen-bond acceptors (Lipinski definition) is 5. The molecule has 1 saturated heterocycles. The summed E-state index contributed by atoms with van der Waals surface area (Å²) >= 11 is 0. The van der Waals surface area contributed by atoms with E-state index in [4.69, 9.17) is 4.74 Å². The number of pyridine rings is 1. The molecule has 27 heavy (non-hydrogen) atoms. The molecule has 0 radical (unpaired) electrons. The van der Waals surface area contributed by atoms with E-state index in [0.717, 1.165) is 29.7 Å². The summed E-state index contributed by atoms with van der Waals surface area (Å²) in [5.74, 6) is 0. The number of nitrogens with one attached hydrogen (secondary N) is 1. The fourth-order valence-electron chi connectivity index (χ4n) is 3.23. The Morgan fingerprint density at radius 3 is 2.56 bits per heavy atom. The molecule has 4 rings (SSSR count). The number of anilines is 2. The molecule has 2 heterocycles. The van der Waals surface area contributed by atoms with Crippen LogP contribution in [0.4, 0.5) is 11.4 Å². The van der Waals surface area contributed by atoms with Gasteiger partial charge in [0.05, 0.1) is 18.7 Å². The molecular formula is C20H21N3O3S. The molecule has 2 aromatic carbocycles. The van der Waals surface area contributed by atoms with Crippen LogP contribution in [0.5, 0.6) is 0 Å². The lowest BCUT2D eigenvalue weighted by molar-refractivity contribution is 0.122. The highest BCUT2D eigenvalue weighted by Crippen LogP contribution is 2.25. The van der Waals surface area contributed by atoms with Crippen LogP contribution in [0, 0.1) is 6.92 Å². The average Bonchev–Trinajstić information content (AvgIpc) is 2.68. The van der Waals surface area contributed by atoms with Gasteiger partial charge < -0.3 is 9.64 Å². The Hall–Kier alpha value is -2.64. The highest BCUT2D eigenvalue weighted by molar-refractivity contribution is 7.93. The summed E-state index contributed by atoms with van der Waals surface area (Å²) in [6.07, 6.45) is 1.68. The predicted molar refractivity (Wildman–Crippen MR) is 107 cm³/mol. The van der Waals surface area contributed by atoms with Crippen molar-refractivity contribution in [3.63, 3.8) is 0 Å². The number of fused-ring (bicyclic) bond motifs is 1. The molecule has 0 spiro atoms. The van der Waals surface area contributed by atoms with Gasteiger partial charge in [0.1, 0.15) is 4.90 Å². The Morgan fingerprint density at radius 1 is 1.07 bits per heavy atom. The van der Waals surface area contributed by atoms with Gasteiger partial charge in [-0.3, -0.25) is 9.71 Å². The molecule has 7 heteroatoms. The number of nitrogens with zero attached hydrogens (tertiary/aromatic N) is 2. The van der Waals surface area contributed by atoms with Crippen LogP contribution in [0.15, 0.2) is 59.6 Å². The number of rotatable bonds is 4. The maximum atomic E-state index is 12.9. The van der Waals surface area contributed by atoms with Crippen LogP contribution in [-0.4, -0.2) is 39.7 Å². The van der Waals surface area contributed by atoms with Crippen LogP contribution >= 0.6 is 0 Å². The average molecular weight is 383 g/mol. The minimum Gasteiger partial charge on any atom is -0.378 e. The van der Waals surface area contributed by atoms with Crippen LogP contribution in [-0.2, 0) is 14.8 Å². The van der Waals surface area contributed by atoms with Crippen LogP contribution in [0.3, 0.4) is 0 Å². The first-order valence-electron chi connectivity index (χ1n) is 8.84. The van der Waals surface area contributed by atoms with Crippen molar-refractivity contribution in [1.29, 1.82) is 0 Å². The molecule has 0 aliphatic carbocycles. The second-order valence-electron chi connectivity index (χ2n) is 6.59. The van der Waals surface area contributed by atoms with Crippen molar-refractivity contribution in [1.82, 2.24) is 4.98 Å². The molecule has 0 atom stereocenters. The van der Waals surface area contributed by atoms with Gasteiger partial charge in [0, 0.05) is 36.0 Å². The zero-order valence-corrected chi connectivity index (χ0v) is 15.9. The van der Waals surface area contributed by atoms with Gasteiger partial charge in [-0.05, 0) is 48.9 Å². The molecule has 1 aliphatic rings. The van der Waals surface area contributed by atoms with E-state index in [2.05, 4.69) is 14.6 Å². The third-order valence-electron chi connectivity index (χ3n) is 4.60. The van der Waals surface area contributed by atoms with Crippen molar-refractivity contribution >= 4 is 32.3 Å². The lowest BCUT2D eigenvalue weighted by atomic mass is 10.2. The molecular weight excluding hydrogens is 362 g/mol. The third-order valence-corrected chi connectivity index (χ3v) is 6.01. The van der Waals surface area contributed by atoms with Gasteiger partial charge in [-0.25, -0.2) is 8.42 Å². The van der Waals surface area contributed by atoms with Gasteiger partial charge in [0.2, 0.25) is 0 Å². The number of ether oxygens (including phenoxy) is 1. The Bertz CT molecular complexity index is 1060. The Morgan fingerprint density at radius 2 is 1.81 bits per heavy atom. The lowest BCUT2D eigenvalue weighted by Crippen LogP contribution is -2.36. The first-order valence-corrected chi connectivity index (χ1v) is 10.3. The number of para-hydroxylation sites is 1. The number of sulfonamides is 1. The summed E-state index contributed by atoms with van der Waals surface area (Å²) in [4.78, 5) is 6.73. The monoisotopic (exact) mass is 383 g/mol. The maximum absolute atomic E-state index is 12.9. The van der Waals surface area contributed by atoms with Crippen LogP contribution in [0.2, 0.25) is 0 Å². The van der Waals surface area contributed by atoms with Crippen molar-refractivity contribution < 1.29 is 13.2 Å². The number of morpholine rings is 1. The quantitative estimate of drug-likeness (QED) is 0.749. The van der Waals surface area contributed by atoms with Gasteiger partial charge in [0.25, 0.3) is 10.0 Å². The van der Waals surface area contributed by atoms with Crippen molar-refractivity contribution in [2.75, 3.05) is 35.9 Å². The molecule has 0 saturated carbocycles.